The number of alkyl halides is 3. The summed E-state index contributed by atoms with van der Waals surface area (Å²) in [4.78, 5) is 13.7. The number of nitrogens with zero attached hydrogens (tertiary/aromatic N) is 1. The number of halogens is 3. The van der Waals surface area contributed by atoms with Crippen LogP contribution in [-0.2, 0) is 6.18 Å². The van der Waals surface area contributed by atoms with Crippen LogP contribution in [0.25, 0.3) is 0 Å². The predicted octanol–water partition coefficient (Wildman–Crippen LogP) is 2.51. The van der Waals surface area contributed by atoms with Gasteiger partial charge in [0.25, 0.3) is 5.91 Å². The maximum atomic E-state index is 12.9. The summed E-state index contributed by atoms with van der Waals surface area (Å²) in [5.74, 6) is -0.313. The molecule has 0 heterocycles. The molecule has 0 aliphatic heterocycles. The third-order valence-corrected chi connectivity index (χ3v) is 3.69. The van der Waals surface area contributed by atoms with Gasteiger partial charge in [-0.15, -0.1) is 0 Å². The first-order valence-electron chi connectivity index (χ1n) is 6.49. The van der Waals surface area contributed by atoms with E-state index in [1.165, 1.54) is 30.1 Å². The van der Waals surface area contributed by atoms with Gasteiger partial charge in [0, 0.05) is 19.6 Å². The quantitative estimate of drug-likeness (QED) is 0.924. The molecule has 20 heavy (non-hydrogen) atoms. The number of nitrogens with two attached hydrogens (primary N) is 1. The van der Waals surface area contributed by atoms with E-state index < -0.39 is 17.6 Å². The molecule has 3 nitrogen and oxygen atoms in total. The van der Waals surface area contributed by atoms with Crippen LogP contribution in [0.3, 0.4) is 0 Å². The molecule has 1 aliphatic carbocycles. The Labute approximate surface area is 115 Å². The summed E-state index contributed by atoms with van der Waals surface area (Å²) in [6, 6.07) is 4.66. The second-order valence-electron chi connectivity index (χ2n) is 5.10. The first-order valence-corrected chi connectivity index (χ1v) is 6.49. The first-order chi connectivity index (χ1) is 9.36. The van der Waals surface area contributed by atoms with Crippen LogP contribution in [0.5, 0.6) is 0 Å². The molecular formula is C14H17F3N2O. The Balaban J connectivity index is 2.29. The minimum Gasteiger partial charge on any atom is -0.337 e. The summed E-state index contributed by atoms with van der Waals surface area (Å²) >= 11 is 0. The second kappa shape index (κ2) is 5.44. The summed E-state index contributed by atoms with van der Waals surface area (Å²) in [5.41, 5.74) is 4.42. The van der Waals surface area contributed by atoms with Crippen LogP contribution in [0.2, 0.25) is 0 Å². The molecular weight excluding hydrogens is 269 g/mol. The average molecular weight is 286 g/mol. The standard InChI is InChI=1S/C14H17F3N2O/c1-19(12(8-18)9-6-7-9)13(20)10-4-2-3-5-11(10)14(15,16)17/h2-5,9,12H,6-8,18H2,1H3. The van der Waals surface area contributed by atoms with Gasteiger partial charge < -0.3 is 10.6 Å². The molecule has 1 aromatic rings. The highest BCUT2D eigenvalue weighted by molar-refractivity contribution is 5.96. The fourth-order valence-corrected chi connectivity index (χ4v) is 2.41. The number of carbonyl (C=O) groups excluding carboxylic acids is 1. The number of benzene rings is 1. The molecule has 1 unspecified atom stereocenters. The summed E-state index contributed by atoms with van der Waals surface area (Å²) in [6.07, 6.45) is -2.59. The largest absolute Gasteiger partial charge is 0.417 e. The van der Waals surface area contributed by atoms with Crippen LogP contribution in [-0.4, -0.2) is 30.4 Å². The van der Waals surface area contributed by atoms with Crippen molar-refractivity contribution in [3.8, 4) is 0 Å². The molecule has 0 aromatic heterocycles. The lowest BCUT2D eigenvalue weighted by molar-refractivity contribution is -0.138. The maximum absolute atomic E-state index is 12.9. The van der Waals surface area contributed by atoms with Gasteiger partial charge in [0.05, 0.1) is 11.1 Å². The molecule has 1 aliphatic rings. The number of rotatable bonds is 4. The highest BCUT2D eigenvalue weighted by Gasteiger charge is 2.39. The maximum Gasteiger partial charge on any atom is 0.417 e. The third kappa shape index (κ3) is 2.95. The molecule has 0 bridgehead atoms. The molecule has 0 spiro atoms. The molecule has 0 radical (unpaired) electrons. The van der Waals surface area contributed by atoms with Crippen LogP contribution in [0.4, 0.5) is 13.2 Å². The van der Waals surface area contributed by atoms with Crippen molar-refractivity contribution in [2.75, 3.05) is 13.6 Å². The van der Waals surface area contributed by atoms with Gasteiger partial charge in [-0.25, -0.2) is 0 Å². The monoisotopic (exact) mass is 286 g/mol. The molecule has 2 N–H and O–H groups in total. The minimum absolute atomic E-state index is 0.191. The molecule has 110 valence electrons. The van der Waals surface area contributed by atoms with Gasteiger partial charge in [0.1, 0.15) is 0 Å². The Hall–Kier alpha value is -1.56. The number of hydrogen-bond donors (Lipinski definition) is 1. The van der Waals surface area contributed by atoms with Crippen molar-refractivity contribution in [3.63, 3.8) is 0 Å². The van der Waals surface area contributed by atoms with Gasteiger partial charge in [0.2, 0.25) is 0 Å². The van der Waals surface area contributed by atoms with Crippen LogP contribution in [0.1, 0.15) is 28.8 Å². The Morgan fingerprint density at radius 3 is 2.50 bits per heavy atom. The zero-order valence-corrected chi connectivity index (χ0v) is 11.2. The van der Waals surface area contributed by atoms with E-state index in [9.17, 15) is 18.0 Å². The van der Waals surface area contributed by atoms with Gasteiger partial charge in [-0.1, -0.05) is 12.1 Å². The molecule has 0 saturated heterocycles. The predicted molar refractivity (Wildman–Crippen MR) is 69.1 cm³/mol. The molecule has 1 atom stereocenters. The van der Waals surface area contributed by atoms with Gasteiger partial charge in [-0.2, -0.15) is 13.2 Å². The second-order valence-corrected chi connectivity index (χ2v) is 5.10. The van der Waals surface area contributed by atoms with Crippen molar-refractivity contribution < 1.29 is 18.0 Å². The minimum atomic E-state index is -4.54. The van der Waals surface area contributed by atoms with Crippen LogP contribution in [0.15, 0.2) is 24.3 Å². The molecule has 1 aromatic carbocycles. The van der Waals surface area contributed by atoms with E-state index in [0.717, 1.165) is 18.9 Å². The topological polar surface area (TPSA) is 46.3 Å². The number of carbonyl (C=O) groups is 1. The number of amides is 1. The van der Waals surface area contributed by atoms with Crippen molar-refractivity contribution in [2.45, 2.75) is 25.1 Å². The van der Waals surface area contributed by atoms with Crippen molar-refractivity contribution in [2.24, 2.45) is 11.7 Å². The molecule has 2 rings (SSSR count). The van der Waals surface area contributed by atoms with E-state index in [1.807, 2.05) is 0 Å². The molecule has 1 saturated carbocycles. The summed E-state index contributed by atoms with van der Waals surface area (Å²) in [6.45, 7) is 0.265. The van der Waals surface area contributed by atoms with E-state index in [-0.39, 0.29) is 18.2 Å². The fourth-order valence-electron chi connectivity index (χ4n) is 2.41. The van der Waals surface area contributed by atoms with E-state index in [1.54, 1.807) is 0 Å². The van der Waals surface area contributed by atoms with Gasteiger partial charge in [-0.3, -0.25) is 4.79 Å². The Bertz CT molecular complexity index is 497. The lowest BCUT2D eigenvalue weighted by atomic mass is 10.0. The molecule has 1 fully saturated rings. The summed E-state index contributed by atoms with van der Waals surface area (Å²) in [5, 5.41) is 0. The van der Waals surface area contributed by atoms with Crippen LogP contribution < -0.4 is 5.73 Å². The Morgan fingerprint density at radius 2 is 2.00 bits per heavy atom. The zero-order chi connectivity index (χ0) is 14.9. The normalized spacial score (nSPS) is 16.9. The van der Waals surface area contributed by atoms with Gasteiger partial charge in [0.15, 0.2) is 0 Å². The lowest BCUT2D eigenvalue weighted by Gasteiger charge is -2.28. The van der Waals surface area contributed by atoms with Crippen molar-refractivity contribution in [3.05, 3.63) is 35.4 Å². The lowest BCUT2D eigenvalue weighted by Crippen LogP contribution is -2.43. The molecule has 1 amide bonds. The van der Waals surface area contributed by atoms with Crippen LogP contribution >= 0.6 is 0 Å². The highest BCUT2D eigenvalue weighted by Crippen LogP contribution is 2.36. The SMILES string of the molecule is CN(C(=O)c1ccccc1C(F)(F)F)C(CN)C1CC1. The fraction of sp³-hybridized carbons (Fsp3) is 0.500. The number of hydrogen-bond acceptors (Lipinski definition) is 2. The molecule has 6 heteroatoms. The van der Waals surface area contributed by atoms with Crippen LogP contribution in [0, 0.1) is 5.92 Å². The van der Waals surface area contributed by atoms with Crippen molar-refractivity contribution >= 4 is 5.91 Å². The number of likely N-dealkylation sites (N-methyl/N-ethyl adjacent to an activating group) is 1. The first kappa shape index (κ1) is 14.8. The van der Waals surface area contributed by atoms with E-state index in [4.69, 9.17) is 5.73 Å². The third-order valence-electron chi connectivity index (χ3n) is 3.69. The average Bonchev–Trinajstić information content (AvgIpc) is 3.22. The highest BCUT2D eigenvalue weighted by atomic mass is 19.4. The van der Waals surface area contributed by atoms with E-state index >= 15 is 0 Å². The zero-order valence-electron chi connectivity index (χ0n) is 11.2. The van der Waals surface area contributed by atoms with E-state index in [2.05, 4.69) is 0 Å². The Morgan fingerprint density at radius 1 is 1.40 bits per heavy atom. The Kier molecular flexibility index (Phi) is 4.04. The van der Waals surface area contributed by atoms with Crippen molar-refractivity contribution in [1.82, 2.24) is 4.90 Å². The van der Waals surface area contributed by atoms with Crippen molar-refractivity contribution in [1.29, 1.82) is 0 Å². The van der Waals surface area contributed by atoms with Gasteiger partial charge in [-0.05, 0) is 30.9 Å². The smallest absolute Gasteiger partial charge is 0.337 e. The van der Waals surface area contributed by atoms with Gasteiger partial charge >= 0.3 is 6.18 Å². The summed E-state index contributed by atoms with van der Waals surface area (Å²) < 4.78 is 38.8. The summed E-state index contributed by atoms with van der Waals surface area (Å²) in [7, 11) is 1.52. The van der Waals surface area contributed by atoms with E-state index in [0.29, 0.717) is 5.92 Å².